The molecule has 1 amide bonds. The van der Waals surface area contributed by atoms with E-state index in [1.54, 1.807) is 12.2 Å². The van der Waals surface area contributed by atoms with Gasteiger partial charge in [-0.1, -0.05) is 38.1 Å². The van der Waals surface area contributed by atoms with Crippen molar-refractivity contribution < 1.29 is 14.3 Å². The van der Waals surface area contributed by atoms with Gasteiger partial charge in [0, 0.05) is 11.8 Å². The molecule has 0 saturated heterocycles. The van der Waals surface area contributed by atoms with Crippen molar-refractivity contribution in [1.82, 2.24) is 0 Å². The Labute approximate surface area is 162 Å². The van der Waals surface area contributed by atoms with Crippen LogP contribution in [0.3, 0.4) is 0 Å². The van der Waals surface area contributed by atoms with Crippen molar-refractivity contribution in [1.29, 1.82) is 0 Å². The molecule has 0 fully saturated rings. The van der Waals surface area contributed by atoms with Gasteiger partial charge in [0.1, 0.15) is 0 Å². The molecule has 2 aromatic carbocycles. The number of aryl methyl sites for hydroxylation is 2. The summed E-state index contributed by atoms with van der Waals surface area (Å²) in [5.41, 5.74) is 4.11. The largest absolute Gasteiger partial charge is 0.490 e. The summed E-state index contributed by atoms with van der Waals surface area (Å²) in [4.78, 5) is 12.4. The molecule has 4 nitrogen and oxygen atoms in total. The monoisotopic (exact) mass is 367 g/mol. The van der Waals surface area contributed by atoms with Crippen LogP contribution in [-0.2, 0) is 17.6 Å². The smallest absolute Gasteiger partial charge is 0.248 e. The number of anilines is 1. The second-order valence-corrected chi connectivity index (χ2v) is 6.05. The SMILES string of the molecule is CCOc1ccc(C=CC(=O)Nc2c(CC)cccc2CC)cc1OCC. The minimum atomic E-state index is -0.141. The Morgan fingerprint density at radius 1 is 0.926 bits per heavy atom. The number of carbonyl (C=O) groups is 1. The van der Waals surface area contributed by atoms with Crippen molar-refractivity contribution in [3.8, 4) is 11.5 Å². The van der Waals surface area contributed by atoms with Crippen molar-refractivity contribution in [3.63, 3.8) is 0 Å². The Balaban J connectivity index is 2.16. The van der Waals surface area contributed by atoms with Crippen LogP contribution in [0.15, 0.2) is 42.5 Å². The summed E-state index contributed by atoms with van der Waals surface area (Å²) >= 11 is 0. The molecule has 0 bridgehead atoms. The van der Waals surface area contributed by atoms with Crippen LogP contribution in [-0.4, -0.2) is 19.1 Å². The number of hydrogen-bond donors (Lipinski definition) is 1. The van der Waals surface area contributed by atoms with Gasteiger partial charge in [0.2, 0.25) is 5.91 Å². The van der Waals surface area contributed by atoms with E-state index in [-0.39, 0.29) is 5.91 Å². The first-order valence-electron chi connectivity index (χ1n) is 9.62. The third kappa shape index (κ3) is 5.61. The molecule has 0 aromatic heterocycles. The standard InChI is InChI=1S/C23H29NO3/c1-5-18-10-9-11-19(6-2)23(18)24-22(25)15-13-17-12-14-20(26-7-3)21(16-17)27-8-4/h9-16H,5-8H2,1-4H3,(H,24,25). The van der Waals surface area contributed by atoms with Crippen molar-refractivity contribution >= 4 is 17.7 Å². The third-order valence-corrected chi connectivity index (χ3v) is 4.24. The Morgan fingerprint density at radius 3 is 2.15 bits per heavy atom. The van der Waals surface area contributed by atoms with E-state index in [1.807, 2.05) is 38.1 Å². The molecule has 1 N–H and O–H groups in total. The molecule has 0 atom stereocenters. The number of hydrogen-bond acceptors (Lipinski definition) is 3. The van der Waals surface area contributed by atoms with Crippen LogP contribution in [0.1, 0.15) is 44.4 Å². The summed E-state index contributed by atoms with van der Waals surface area (Å²) in [6.45, 7) is 9.19. The van der Waals surface area contributed by atoms with Crippen LogP contribution in [0.2, 0.25) is 0 Å². The van der Waals surface area contributed by atoms with E-state index in [0.29, 0.717) is 24.7 Å². The zero-order valence-electron chi connectivity index (χ0n) is 16.7. The minimum Gasteiger partial charge on any atom is -0.490 e. The molecule has 144 valence electrons. The lowest BCUT2D eigenvalue weighted by Gasteiger charge is -2.13. The molecule has 4 heteroatoms. The predicted octanol–water partition coefficient (Wildman–Crippen LogP) is 5.26. The predicted molar refractivity (Wildman–Crippen MR) is 112 cm³/mol. The van der Waals surface area contributed by atoms with Crippen LogP contribution in [0, 0.1) is 0 Å². The Kier molecular flexibility index (Phi) is 7.93. The van der Waals surface area contributed by atoms with E-state index in [4.69, 9.17) is 9.47 Å². The normalized spacial score (nSPS) is 10.8. The molecule has 0 spiro atoms. The Bertz CT molecular complexity index is 774. The molecule has 0 aliphatic carbocycles. The summed E-state index contributed by atoms with van der Waals surface area (Å²) < 4.78 is 11.2. The van der Waals surface area contributed by atoms with E-state index >= 15 is 0 Å². The van der Waals surface area contributed by atoms with Gasteiger partial charge in [-0.3, -0.25) is 4.79 Å². The molecule has 2 rings (SSSR count). The lowest BCUT2D eigenvalue weighted by molar-refractivity contribution is -0.111. The quantitative estimate of drug-likeness (QED) is 0.615. The van der Waals surface area contributed by atoms with Gasteiger partial charge >= 0.3 is 0 Å². The lowest BCUT2D eigenvalue weighted by Crippen LogP contribution is -2.11. The molecular weight excluding hydrogens is 338 g/mol. The molecule has 0 aliphatic heterocycles. The van der Waals surface area contributed by atoms with E-state index in [2.05, 4.69) is 31.3 Å². The van der Waals surface area contributed by atoms with Gasteiger partial charge in [0.25, 0.3) is 0 Å². The van der Waals surface area contributed by atoms with Gasteiger partial charge in [-0.2, -0.15) is 0 Å². The van der Waals surface area contributed by atoms with Crippen LogP contribution in [0.5, 0.6) is 11.5 Å². The fraction of sp³-hybridized carbons (Fsp3) is 0.348. The van der Waals surface area contributed by atoms with Crippen molar-refractivity contribution in [2.45, 2.75) is 40.5 Å². The third-order valence-electron chi connectivity index (χ3n) is 4.24. The van der Waals surface area contributed by atoms with Gasteiger partial charge < -0.3 is 14.8 Å². The number of benzene rings is 2. The van der Waals surface area contributed by atoms with Crippen LogP contribution in [0.4, 0.5) is 5.69 Å². The minimum absolute atomic E-state index is 0.141. The molecule has 2 aromatic rings. The van der Waals surface area contributed by atoms with E-state index < -0.39 is 0 Å². The van der Waals surface area contributed by atoms with Crippen molar-refractivity contribution in [2.75, 3.05) is 18.5 Å². The van der Waals surface area contributed by atoms with Gasteiger partial charge in [-0.15, -0.1) is 0 Å². The first-order chi connectivity index (χ1) is 13.1. The molecule has 0 unspecified atom stereocenters. The fourth-order valence-corrected chi connectivity index (χ4v) is 2.91. The van der Waals surface area contributed by atoms with Gasteiger partial charge in [0.05, 0.1) is 13.2 Å². The van der Waals surface area contributed by atoms with E-state index in [1.165, 1.54) is 0 Å². The van der Waals surface area contributed by atoms with Crippen LogP contribution in [0.25, 0.3) is 6.08 Å². The first kappa shape index (κ1) is 20.6. The highest BCUT2D eigenvalue weighted by Gasteiger charge is 2.09. The van der Waals surface area contributed by atoms with Crippen molar-refractivity contribution in [3.05, 3.63) is 59.2 Å². The van der Waals surface area contributed by atoms with Crippen LogP contribution < -0.4 is 14.8 Å². The maximum atomic E-state index is 12.4. The maximum absolute atomic E-state index is 12.4. The maximum Gasteiger partial charge on any atom is 0.248 e. The number of nitrogens with one attached hydrogen (secondary N) is 1. The number of para-hydroxylation sites is 1. The van der Waals surface area contributed by atoms with Gasteiger partial charge in [-0.05, 0) is 61.6 Å². The molecule has 0 radical (unpaired) electrons. The summed E-state index contributed by atoms with van der Waals surface area (Å²) in [5, 5.41) is 3.04. The van der Waals surface area contributed by atoms with Crippen LogP contribution >= 0.6 is 0 Å². The highest BCUT2D eigenvalue weighted by atomic mass is 16.5. The second kappa shape index (κ2) is 10.4. The number of carbonyl (C=O) groups excluding carboxylic acids is 1. The summed E-state index contributed by atoms with van der Waals surface area (Å²) in [6, 6.07) is 11.8. The lowest BCUT2D eigenvalue weighted by atomic mass is 10.0. The average Bonchev–Trinajstić information content (AvgIpc) is 2.68. The molecule has 27 heavy (non-hydrogen) atoms. The number of ether oxygens (including phenoxy) is 2. The Morgan fingerprint density at radius 2 is 1.56 bits per heavy atom. The molecule has 0 heterocycles. The summed E-state index contributed by atoms with van der Waals surface area (Å²) in [5.74, 6) is 1.26. The number of amides is 1. The summed E-state index contributed by atoms with van der Waals surface area (Å²) in [6.07, 6.45) is 5.10. The highest BCUT2D eigenvalue weighted by molar-refractivity contribution is 6.02. The molecule has 0 aliphatic rings. The highest BCUT2D eigenvalue weighted by Crippen LogP contribution is 2.29. The average molecular weight is 367 g/mol. The summed E-state index contributed by atoms with van der Waals surface area (Å²) in [7, 11) is 0. The fourth-order valence-electron chi connectivity index (χ4n) is 2.91. The van der Waals surface area contributed by atoms with Crippen molar-refractivity contribution in [2.24, 2.45) is 0 Å². The zero-order chi connectivity index (χ0) is 19.6. The van der Waals surface area contributed by atoms with E-state index in [9.17, 15) is 4.79 Å². The Hall–Kier alpha value is -2.75. The number of rotatable bonds is 9. The zero-order valence-corrected chi connectivity index (χ0v) is 16.7. The molecular formula is C23H29NO3. The van der Waals surface area contributed by atoms with Gasteiger partial charge in [0.15, 0.2) is 11.5 Å². The molecule has 0 saturated carbocycles. The van der Waals surface area contributed by atoms with E-state index in [0.717, 1.165) is 35.2 Å². The van der Waals surface area contributed by atoms with Gasteiger partial charge in [-0.25, -0.2) is 0 Å². The second-order valence-electron chi connectivity index (χ2n) is 6.05. The first-order valence-corrected chi connectivity index (χ1v) is 9.62. The topological polar surface area (TPSA) is 47.6 Å².